The molecule has 0 unspecified atom stereocenters. The molecule has 0 fully saturated rings. The van der Waals surface area contributed by atoms with Gasteiger partial charge in [0.05, 0.1) is 12.2 Å². The minimum atomic E-state index is -0.434. The topological polar surface area (TPSA) is 66.8 Å². The predicted molar refractivity (Wildman–Crippen MR) is 80.7 cm³/mol. The van der Waals surface area contributed by atoms with Gasteiger partial charge in [-0.15, -0.1) is 0 Å². The standard InChI is InChI=1S/C17H16O4/c1-2-21-17(20)14(13-6-4-3-5-7-13)10-12-8-9-15(18)16(19)11-12/h3-11,18-19H,2H2,1H3/b14-10+. The van der Waals surface area contributed by atoms with Crippen LogP contribution < -0.4 is 0 Å². The zero-order valence-electron chi connectivity index (χ0n) is 11.6. The number of esters is 1. The molecule has 0 radical (unpaired) electrons. The van der Waals surface area contributed by atoms with Gasteiger partial charge < -0.3 is 14.9 Å². The summed E-state index contributed by atoms with van der Waals surface area (Å²) in [5.41, 5.74) is 1.71. The van der Waals surface area contributed by atoms with Crippen LogP contribution in [-0.2, 0) is 9.53 Å². The van der Waals surface area contributed by atoms with Crippen LogP contribution in [0.2, 0.25) is 0 Å². The highest BCUT2D eigenvalue weighted by Gasteiger charge is 2.13. The molecule has 2 N–H and O–H groups in total. The van der Waals surface area contributed by atoms with Crippen LogP contribution in [0.25, 0.3) is 11.6 Å². The van der Waals surface area contributed by atoms with Crippen molar-refractivity contribution in [2.24, 2.45) is 0 Å². The molecule has 2 aromatic carbocycles. The molecule has 0 spiro atoms. The number of phenols is 2. The summed E-state index contributed by atoms with van der Waals surface area (Å²) in [6.45, 7) is 2.02. The first-order valence-electron chi connectivity index (χ1n) is 6.58. The minimum Gasteiger partial charge on any atom is -0.504 e. The highest BCUT2D eigenvalue weighted by molar-refractivity contribution is 6.21. The second kappa shape index (κ2) is 6.61. The van der Waals surface area contributed by atoms with Crippen molar-refractivity contribution in [2.75, 3.05) is 6.61 Å². The van der Waals surface area contributed by atoms with Gasteiger partial charge >= 0.3 is 5.97 Å². The average Bonchev–Trinajstić information content (AvgIpc) is 2.49. The Morgan fingerprint density at radius 3 is 2.43 bits per heavy atom. The van der Waals surface area contributed by atoms with Crippen LogP contribution in [0.4, 0.5) is 0 Å². The lowest BCUT2D eigenvalue weighted by atomic mass is 10.0. The van der Waals surface area contributed by atoms with Gasteiger partial charge in [0.1, 0.15) is 0 Å². The second-order valence-corrected chi connectivity index (χ2v) is 4.39. The molecule has 0 saturated carbocycles. The van der Waals surface area contributed by atoms with Gasteiger partial charge in [0.2, 0.25) is 0 Å². The van der Waals surface area contributed by atoms with E-state index in [2.05, 4.69) is 0 Å². The van der Waals surface area contributed by atoms with Crippen molar-refractivity contribution in [3.05, 3.63) is 59.7 Å². The van der Waals surface area contributed by atoms with Gasteiger partial charge in [-0.1, -0.05) is 36.4 Å². The molecule has 0 aliphatic carbocycles. The summed E-state index contributed by atoms with van der Waals surface area (Å²) >= 11 is 0. The van der Waals surface area contributed by atoms with Crippen LogP contribution in [0.15, 0.2) is 48.5 Å². The molecule has 108 valence electrons. The van der Waals surface area contributed by atoms with Gasteiger partial charge in [-0.3, -0.25) is 0 Å². The summed E-state index contributed by atoms with van der Waals surface area (Å²) < 4.78 is 5.07. The van der Waals surface area contributed by atoms with Gasteiger partial charge in [0, 0.05) is 0 Å². The molecule has 2 rings (SSSR count). The number of hydrogen-bond donors (Lipinski definition) is 2. The minimum absolute atomic E-state index is 0.204. The highest BCUT2D eigenvalue weighted by atomic mass is 16.5. The first-order valence-corrected chi connectivity index (χ1v) is 6.58. The maximum Gasteiger partial charge on any atom is 0.338 e. The summed E-state index contributed by atoms with van der Waals surface area (Å²) in [4.78, 5) is 12.1. The number of rotatable bonds is 4. The van der Waals surface area contributed by atoms with E-state index >= 15 is 0 Å². The summed E-state index contributed by atoms with van der Waals surface area (Å²) in [7, 11) is 0. The number of benzene rings is 2. The van der Waals surface area contributed by atoms with Crippen molar-refractivity contribution in [2.45, 2.75) is 6.92 Å². The van der Waals surface area contributed by atoms with Crippen molar-refractivity contribution in [3.8, 4) is 11.5 Å². The Kier molecular flexibility index (Phi) is 4.61. The van der Waals surface area contributed by atoms with Crippen LogP contribution >= 0.6 is 0 Å². The zero-order chi connectivity index (χ0) is 15.2. The fourth-order valence-corrected chi connectivity index (χ4v) is 1.88. The molecule has 0 aromatic heterocycles. The first kappa shape index (κ1) is 14.7. The van der Waals surface area contributed by atoms with E-state index < -0.39 is 5.97 Å². The number of aromatic hydroxyl groups is 2. The van der Waals surface area contributed by atoms with Crippen molar-refractivity contribution in [1.82, 2.24) is 0 Å². The average molecular weight is 284 g/mol. The van der Waals surface area contributed by atoms with Crippen LogP contribution in [0, 0.1) is 0 Å². The van der Waals surface area contributed by atoms with Crippen molar-refractivity contribution < 1.29 is 19.7 Å². The smallest absolute Gasteiger partial charge is 0.338 e. The molecule has 0 atom stereocenters. The van der Waals surface area contributed by atoms with E-state index in [9.17, 15) is 15.0 Å². The van der Waals surface area contributed by atoms with E-state index in [1.165, 1.54) is 12.1 Å². The Balaban J connectivity index is 2.46. The number of carbonyl (C=O) groups excluding carboxylic acids is 1. The van der Waals surface area contributed by atoms with Gasteiger partial charge in [-0.2, -0.15) is 0 Å². The largest absolute Gasteiger partial charge is 0.504 e. The second-order valence-electron chi connectivity index (χ2n) is 4.39. The molecular weight excluding hydrogens is 268 g/mol. The predicted octanol–water partition coefficient (Wildman–Crippen LogP) is 3.20. The highest BCUT2D eigenvalue weighted by Crippen LogP contribution is 2.27. The molecule has 21 heavy (non-hydrogen) atoms. The SMILES string of the molecule is CCOC(=O)/C(=C/c1ccc(O)c(O)c1)c1ccccc1. The maximum atomic E-state index is 12.1. The van der Waals surface area contributed by atoms with E-state index in [1.807, 2.05) is 30.3 Å². The van der Waals surface area contributed by atoms with E-state index in [0.29, 0.717) is 11.1 Å². The van der Waals surface area contributed by atoms with Crippen LogP contribution in [-0.4, -0.2) is 22.8 Å². The molecule has 0 amide bonds. The van der Waals surface area contributed by atoms with Crippen LogP contribution in [0.1, 0.15) is 18.1 Å². The number of hydrogen-bond acceptors (Lipinski definition) is 4. The molecule has 0 heterocycles. The fourth-order valence-electron chi connectivity index (χ4n) is 1.88. The lowest BCUT2D eigenvalue weighted by Crippen LogP contribution is -2.06. The molecular formula is C17H16O4. The Bertz CT molecular complexity index is 660. The molecule has 2 aromatic rings. The Morgan fingerprint density at radius 1 is 1.10 bits per heavy atom. The molecule has 0 aliphatic heterocycles. The fraction of sp³-hybridized carbons (Fsp3) is 0.118. The normalized spacial score (nSPS) is 11.2. The molecule has 4 heteroatoms. The van der Waals surface area contributed by atoms with Gasteiger partial charge in [0.25, 0.3) is 0 Å². The first-order chi connectivity index (χ1) is 10.1. The third kappa shape index (κ3) is 3.63. The maximum absolute atomic E-state index is 12.1. The third-order valence-corrected chi connectivity index (χ3v) is 2.89. The lowest BCUT2D eigenvalue weighted by Gasteiger charge is -2.08. The number of ether oxygens (including phenoxy) is 1. The number of carbonyl (C=O) groups is 1. The third-order valence-electron chi connectivity index (χ3n) is 2.89. The Hall–Kier alpha value is -2.75. The quantitative estimate of drug-likeness (QED) is 0.391. The van der Waals surface area contributed by atoms with Crippen molar-refractivity contribution in [1.29, 1.82) is 0 Å². The molecule has 4 nitrogen and oxygen atoms in total. The monoisotopic (exact) mass is 284 g/mol. The van der Waals surface area contributed by atoms with E-state index in [4.69, 9.17) is 4.74 Å². The van der Waals surface area contributed by atoms with Crippen molar-refractivity contribution >= 4 is 17.6 Å². The van der Waals surface area contributed by atoms with Gasteiger partial charge in [0.15, 0.2) is 11.5 Å². The Morgan fingerprint density at radius 2 is 1.81 bits per heavy atom. The van der Waals surface area contributed by atoms with Crippen molar-refractivity contribution in [3.63, 3.8) is 0 Å². The van der Waals surface area contributed by atoms with E-state index in [-0.39, 0.29) is 18.1 Å². The summed E-state index contributed by atoms with van der Waals surface area (Å²) in [6.07, 6.45) is 1.62. The van der Waals surface area contributed by atoms with E-state index in [1.54, 1.807) is 19.1 Å². The molecule has 0 bridgehead atoms. The molecule has 0 aliphatic rings. The molecule has 0 saturated heterocycles. The number of phenolic OH excluding ortho intramolecular Hbond substituents is 2. The zero-order valence-corrected chi connectivity index (χ0v) is 11.6. The summed E-state index contributed by atoms with van der Waals surface area (Å²) in [6, 6.07) is 13.5. The summed E-state index contributed by atoms with van der Waals surface area (Å²) in [5.74, 6) is -0.874. The van der Waals surface area contributed by atoms with Crippen LogP contribution in [0.3, 0.4) is 0 Å². The van der Waals surface area contributed by atoms with Crippen LogP contribution in [0.5, 0.6) is 11.5 Å². The summed E-state index contributed by atoms with van der Waals surface area (Å²) in [5, 5.41) is 18.9. The van der Waals surface area contributed by atoms with E-state index in [0.717, 1.165) is 5.56 Å². The Labute approximate surface area is 122 Å². The van der Waals surface area contributed by atoms with Gasteiger partial charge in [-0.25, -0.2) is 4.79 Å². The lowest BCUT2D eigenvalue weighted by molar-refractivity contribution is -0.136. The van der Waals surface area contributed by atoms with Gasteiger partial charge in [-0.05, 0) is 36.3 Å².